The van der Waals surface area contributed by atoms with Crippen LogP contribution in [0.4, 0.5) is 0 Å². The van der Waals surface area contributed by atoms with E-state index in [0.717, 1.165) is 31.5 Å². The Kier molecular flexibility index (Phi) is 4.36. The van der Waals surface area contributed by atoms with E-state index < -0.39 is 0 Å². The second-order valence-corrected chi connectivity index (χ2v) is 7.27. The molecule has 4 heteroatoms. The first kappa shape index (κ1) is 15.0. The summed E-state index contributed by atoms with van der Waals surface area (Å²) in [4.78, 5) is 2.73. The molecule has 1 N–H and O–H groups in total. The number of nitrogens with one attached hydrogen (secondary N) is 1. The lowest BCUT2D eigenvalue weighted by atomic mass is 9.87. The topological polar surface area (TPSA) is 33.1 Å². The van der Waals surface area contributed by atoms with Gasteiger partial charge in [-0.2, -0.15) is 5.10 Å². The Morgan fingerprint density at radius 2 is 2.19 bits per heavy atom. The monoisotopic (exact) mass is 290 g/mol. The van der Waals surface area contributed by atoms with Crippen LogP contribution in [-0.4, -0.2) is 45.9 Å². The smallest absolute Gasteiger partial charge is 0.0536 e. The standard InChI is InChI=1S/C17H30N4/c1-4-14(2)16-12-18-17(3,15-6-7-15)13-20(16)10-11-21-9-5-8-19-21/h5,8-9,14-16,18H,4,6-7,10-13H2,1-3H3. The van der Waals surface area contributed by atoms with Crippen LogP contribution >= 0.6 is 0 Å². The molecule has 3 atom stereocenters. The number of piperazine rings is 1. The second-order valence-electron chi connectivity index (χ2n) is 7.27. The average molecular weight is 290 g/mol. The van der Waals surface area contributed by atoms with Crippen molar-refractivity contribution < 1.29 is 0 Å². The first-order chi connectivity index (χ1) is 10.1. The molecule has 1 aliphatic heterocycles. The number of aromatic nitrogens is 2. The van der Waals surface area contributed by atoms with Gasteiger partial charge >= 0.3 is 0 Å². The summed E-state index contributed by atoms with van der Waals surface area (Å²) in [7, 11) is 0. The van der Waals surface area contributed by atoms with Crippen molar-refractivity contribution in [3.63, 3.8) is 0 Å². The molecule has 118 valence electrons. The SMILES string of the molecule is CCC(C)C1CNC(C)(C2CC2)CN1CCn1cccn1. The Morgan fingerprint density at radius 1 is 1.38 bits per heavy atom. The minimum Gasteiger partial charge on any atom is -0.308 e. The van der Waals surface area contributed by atoms with Crippen LogP contribution in [0.1, 0.15) is 40.0 Å². The fourth-order valence-corrected chi connectivity index (χ4v) is 3.80. The number of nitrogens with zero attached hydrogens (tertiary/aromatic N) is 3. The number of hydrogen-bond acceptors (Lipinski definition) is 3. The maximum Gasteiger partial charge on any atom is 0.0536 e. The molecule has 0 amide bonds. The van der Waals surface area contributed by atoms with E-state index >= 15 is 0 Å². The van der Waals surface area contributed by atoms with Crippen LogP contribution in [0.2, 0.25) is 0 Å². The lowest BCUT2D eigenvalue weighted by Gasteiger charge is -2.48. The van der Waals surface area contributed by atoms with Gasteiger partial charge in [0.2, 0.25) is 0 Å². The van der Waals surface area contributed by atoms with Crippen molar-refractivity contribution in [2.24, 2.45) is 11.8 Å². The summed E-state index contributed by atoms with van der Waals surface area (Å²) in [5.74, 6) is 1.64. The van der Waals surface area contributed by atoms with Gasteiger partial charge in [0.15, 0.2) is 0 Å². The maximum atomic E-state index is 4.35. The third kappa shape index (κ3) is 3.32. The lowest BCUT2D eigenvalue weighted by molar-refractivity contribution is 0.0442. The van der Waals surface area contributed by atoms with E-state index in [1.54, 1.807) is 0 Å². The Bertz CT molecular complexity index is 440. The summed E-state index contributed by atoms with van der Waals surface area (Å²) in [6, 6.07) is 2.68. The molecule has 2 aliphatic rings. The normalized spacial score (nSPS) is 32.2. The van der Waals surface area contributed by atoms with Crippen molar-refractivity contribution in [3.05, 3.63) is 18.5 Å². The molecule has 1 saturated carbocycles. The van der Waals surface area contributed by atoms with E-state index in [2.05, 4.69) is 47.0 Å². The Balaban J connectivity index is 1.66. The summed E-state index contributed by atoms with van der Waals surface area (Å²) in [6.07, 6.45) is 8.01. The highest BCUT2D eigenvalue weighted by atomic mass is 15.3. The fraction of sp³-hybridized carbons (Fsp3) is 0.824. The van der Waals surface area contributed by atoms with Gasteiger partial charge in [-0.05, 0) is 37.7 Å². The third-order valence-electron chi connectivity index (χ3n) is 5.67. The van der Waals surface area contributed by atoms with Crippen molar-refractivity contribution in [2.75, 3.05) is 19.6 Å². The molecule has 1 aliphatic carbocycles. The van der Waals surface area contributed by atoms with Crippen LogP contribution in [0.25, 0.3) is 0 Å². The van der Waals surface area contributed by atoms with E-state index in [1.807, 2.05) is 12.3 Å². The van der Waals surface area contributed by atoms with Crippen LogP contribution < -0.4 is 5.32 Å². The molecule has 0 spiro atoms. The molecule has 2 heterocycles. The van der Waals surface area contributed by atoms with Gasteiger partial charge in [0, 0.05) is 43.6 Å². The summed E-state index contributed by atoms with van der Waals surface area (Å²) in [5.41, 5.74) is 0.327. The Labute approximate surface area is 128 Å². The molecule has 1 aromatic heterocycles. The van der Waals surface area contributed by atoms with Crippen LogP contribution in [0, 0.1) is 11.8 Å². The van der Waals surface area contributed by atoms with Crippen molar-refractivity contribution in [1.82, 2.24) is 20.0 Å². The number of hydrogen-bond donors (Lipinski definition) is 1. The fourth-order valence-electron chi connectivity index (χ4n) is 3.80. The van der Waals surface area contributed by atoms with Crippen molar-refractivity contribution >= 4 is 0 Å². The van der Waals surface area contributed by atoms with E-state index in [9.17, 15) is 0 Å². The molecule has 0 aromatic carbocycles. The average Bonchev–Trinajstić information content (AvgIpc) is 3.23. The largest absolute Gasteiger partial charge is 0.308 e. The molecule has 21 heavy (non-hydrogen) atoms. The van der Waals surface area contributed by atoms with E-state index in [1.165, 1.54) is 25.8 Å². The first-order valence-electron chi connectivity index (χ1n) is 8.59. The highest BCUT2D eigenvalue weighted by Crippen LogP contribution is 2.41. The van der Waals surface area contributed by atoms with Gasteiger partial charge < -0.3 is 5.32 Å². The van der Waals surface area contributed by atoms with Crippen LogP contribution in [0.15, 0.2) is 18.5 Å². The van der Waals surface area contributed by atoms with Gasteiger partial charge in [-0.3, -0.25) is 9.58 Å². The van der Waals surface area contributed by atoms with Crippen molar-refractivity contribution in [3.8, 4) is 0 Å². The van der Waals surface area contributed by atoms with Crippen LogP contribution in [0.3, 0.4) is 0 Å². The van der Waals surface area contributed by atoms with E-state index in [-0.39, 0.29) is 0 Å². The van der Waals surface area contributed by atoms with Crippen LogP contribution in [-0.2, 0) is 6.54 Å². The Morgan fingerprint density at radius 3 is 2.81 bits per heavy atom. The zero-order valence-electron chi connectivity index (χ0n) is 13.8. The first-order valence-corrected chi connectivity index (χ1v) is 8.59. The highest BCUT2D eigenvalue weighted by Gasteiger charge is 2.46. The quantitative estimate of drug-likeness (QED) is 0.873. The van der Waals surface area contributed by atoms with Gasteiger partial charge in [-0.25, -0.2) is 0 Å². The van der Waals surface area contributed by atoms with Crippen molar-refractivity contribution in [2.45, 2.75) is 58.2 Å². The zero-order chi connectivity index (χ0) is 14.9. The summed E-state index contributed by atoms with van der Waals surface area (Å²) >= 11 is 0. The molecule has 0 radical (unpaired) electrons. The maximum absolute atomic E-state index is 4.35. The predicted molar refractivity (Wildman–Crippen MR) is 86.2 cm³/mol. The Hall–Kier alpha value is -0.870. The summed E-state index contributed by atoms with van der Waals surface area (Å²) < 4.78 is 2.06. The molecule has 0 bridgehead atoms. The third-order valence-corrected chi connectivity index (χ3v) is 5.67. The predicted octanol–water partition coefficient (Wildman–Crippen LogP) is 2.37. The van der Waals surface area contributed by atoms with Gasteiger partial charge in [0.25, 0.3) is 0 Å². The van der Waals surface area contributed by atoms with Gasteiger partial charge in [0.1, 0.15) is 0 Å². The van der Waals surface area contributed by atoms with Gasteiger partial charge in [-0.15, -0.1) is 0 Å². The van der Waals surface area contributed by atoms with E-state index in [4.69, 9.17) is 0 Å². The summed E-state index contributed by atoms with van der Waals surface area (Å²) in [6.45, 7) is 11.6. The zero-order valence-corrected chi connectivity index (χ0v) is 13.8. The lowest BCUT2D eigenvalue weighted by Crippen LogP contribution is -2.65. The summed E-state index contributed by atoms with van der Waals surface area (Å²) in [5, 5.41) is 8.23. The minimum atomic E-state index is 0.327. The molecule has 2 fully saturated rings. The molecule has 1 saturated heterocycles. The molecular formula is C17H30N4. The van der Waals surface area contributed by atoms with Crippen LogP contribution in [0.5, 0.6) is 0 Å². The molecular weight excluding hydrogens is 260 g/mol. The molecule has 4 nitrogen and oxygen atoms in total. The van der Waals surface area contributed by atoms with Crippen molar-refractivity contribution in [1.29, 1.82) is 0 Å². The highest BCUT2D eigenvalue weighted by molar-refractivity contribution is 5.04. The number of rotatable bonds is 6. The minimum absolute atomic E-state index is 0.327. The van der Waals surface area contributed by atoms with E-state index in [0.29, 0.717) is 11.6 Å². The second kappa shape index (κ2) is 6.09. The molecule has 3 unspecified atom stereocenters. The van der Waals surface area contributed by atoms with Gasteiger partial charge in [-0.1, -0.05) is 20.3 Å². The molecule has 1 aromatic rings. The molecule has 3 rings (SSSR count). The van der Waals surface area contributed by atoms with Gasteiger partial charge in [0.05, 0.1) is 6.54 Å².